The molecule has 1 aliphatic heterocycles. The first-order chi connectivity index (χ1) is 15.4. The van der Waals surface area contributed by atoms with E-state index in [4.69, 9.17) is 25.8 Å². The highest BCUT2D eigenvalue weighted by Crippen LogP contribution is 2.48. The molecule has 0 saturated carbocycles. The Balaban J connectivity index is 1.90. The second-order valence-corrected chi connectivity index (χ2v) is 8.41. The van der Waals surface area contributed by atoms with Gasteiger partial charge in [0.05, 0.1) is 27.0 Å². The van der Waals surface area contributed by atoms with Gasteiger partial charge in [0, 0.05) is 46.7 Å². The van der Waals surface area contributed by atoms with E-state index in [1.54, 1.807) is 44.4 Å². The van der Waals surface area contributed by atoms with Gasteiger partial charge in [-0.15, -0.1) is 0 Å². The van der Waals surface area contributed by atoms with Gasteiger partial charge in [-0.25, -0.2) is 0 Å². The lowest BCUT2D eigenvalue weighted by Gasteiger charge is -2.38. The van der Waals surface area contributed by atoms with E-state index < -0.39 is 5.92 Å². The Morgan fingerprint density at radius 1 is 0.938 bits per heavy atom. The van der Waals surface area contributed by atoms with E-state index in [0.717, 1.165) is 16.8 Å². The van der Waals surface area contributed by atoms with Gasteiger partial charge in [-0.1, -0.05) is 17.7 Å². The number of aryl methyl sites for hydroxylation is 1. The summed E-state index contributed by atoms with van der Waals surface area (Å²) < 4.78 is 16.5. The fraction of sp³-hybridized carbons (Fsp3) is 0.360. The zero-order valence-corrected chi connectivity index (χ0v) is 19.4. The lowest BCUT2D eigenvalue weighted by atomic mass is 9.76. The molecule has 1 aliphatic carbocycles. The molecule has 1 amide bonds. The maximum absolute atomic E-state index is 13.5. The van der Waals surface area contributed by atoms with E-state index in [9.17, 15) is 9.59 Å². The molecule has 2 aromatic carbocycles. The van der Waals surface area contributed by atoms with Crippen molar-refractivity contribution < 1.29 is 23.8 Å². The van der Waals surface area contributed by atoms with Crippen LogP contribution in [-0.2, 0) is 9.59 Å². The molecule has 1 heterocycles. The van der Waals surface area contributed by atoms with Gasteiger partial charge in [-0.3, -0.25) is 14.5 Å². The summed E-state index contributed by atoms with van der Waals surface area (Å²) in [5, 5.41) is 0.586. The van der Waals surface area contributed by atoms with E-state index in [1.165, 1.54) is 0 Å². The standard InChI is InChI=1S/C25H26ClNO5/c1-14-8-9-15(10-18(14)26)27-19-6-5-7-20(28)25(19)17(12-24(27)29)16-11-22(31-3)23(32-4)13-21(16)30-2/h8-11,13,17H,5-7,12H2,1-4H3/t17-/m0/s1. The van der Waals surface area contributed by atoms with Gasteiger partial charge in [0.25, 0.3) is 0 Å². The molecule has 0 unspecified atom stereocenters. The third-order valence-electron chi connectivity index (χ3n) is 6.20. The molecule has 0 saturated heterocycles. The number of amides is 1. The maximum Gasteiger partial charge on any atom is 0.232 e. The highest BCUT2D eigenvalue weighted by atomic mass is 35.5. The van der Waals surface area contributed by atoms with Crippen molar-refractivity contribution in [1.29, 1.82) is 0 Å². The fourth-order valence-electron chi connectivity index (χ4n) is 4.60. The summed E-state index contributed by atoms with van der Waals surface area (Å²) in [4.78, 5) is 28.3. The summed E-state index contributed by atoms with van der Waals surface area (Å²) in [6, 6.07) is 9.09. The van der Waals surface area contributed by atoms with E-state index >= 15 is 0 Å². The molecule has 0 N–H and O–H groups in total. The van der Waals surface area contributed by atoms with Gasteiger partial charge >= 0.3 is 0 Å². The van der Waals surface area contributed by atoms with Crippen molar-refractivity contribution in [3.63, 3.8) is 0 Å². The first-order valence-electron chi connectivity index (χ1n) is 10.5. The van der Waals surface area contributed by atoms with Gasteiger partial charge in [0.1, 0.15) is 5.75 Å². The van der Waals surface area contributed by atoms with Crippen LogP contribution < -0.4 is 19.1 Å². The Morgan fingerprint density at radius 2 is 1.62 bits per heavy atom. The number of halogens is 1. The number of hydrogen-bond donors (Lipinski definition) is 0. The zero-order chi connectivity index (χ0) is 23.0. The molecular formula is C25H26ClNO5. The van der Waals surface area contributed by atoms with E-state index in [-0.39, 0.29) is 18.1 Å². The van der Waals surface area contributed by atoms with Gasteiger partial charge in [0.2, 0.25) is 5.91 Å². The molecule has 6 nitrogen and oxygen atoms in total. The van der Waals surface area contributed by atoms with Crippen LogP contribution in [0.3, 0.4) is 0 Å². The SMILES string of the molecule is COc1cc(OC)c([C@@H]2CC(=O)N(c3ccc(C)c(Cl)c3)C3=C2C(=O)CCC3)cc1OC. The van der Waals surface area contributed by atoms with Crippen molar-refractivity contribution in [2.45, 2.75) is 38.5 Å². The predicted octanol–water partition coefficient (Wildman–Crippen LogP) is 5.20. The molecule has 4 rings (SSSR count). The van der Waals surface area contributed by atoms with Crippen LogP contribution in [0.25, 0.3) is 0 Å². The van der Waals surface area contributed by atoms with Gasteiger partial charge in [0.15, 0.2) is 17.3 Å². The van der Waals surface area contributed by atoms with Crippen LogP contribution in [-0.4, -0.2) is 33.0 Å². The molecule has 2 aromatic rings. The van der Waals surface area contributed by atoms with Crippen LogP contribution in [0.15, 0.2) is 41.6 Å². The normalized spacial score (nSPS) is 18.5. The van der Waals surface area contributed by atoms with Crippen molar-refractivity contribution in [2.75, 3.05) is 26.2 Å². The molecule has 0 bridgehead atoms. The number of ether oxygens (including phenoxy) is 3. The molecule has 168 valence electrons. The lowest BCUT2D eigenvalue weighted by Crippen LogP contribution is -2.40. The molecular weight excluding hydrogens is 430 g/mol. The molecule has 0 radical (unpaired) electrons. The van der Waals surface area contributed by atoms with Crippen molar-refractivity contribution in [1.82, 2.24) is 0 Å². The monoisotopic (exact) mass is 455 g/mol. The smallest absolute Gasteiger partial charge is 0.232 e. The molecule has 32 heavy (non-hydrogen) atoms. The topological polar surface area (TPSA) is 65.1 Å². The lowest BCUT2D eigenvalue weighted by molar-refractivity contribution is -0.119. The number of rotatable bonds is 5. The Labute approximate surface area is 192 Å². The number of benzene rings is 2. The van der Waals surface area contributed by atoms with Crippen LogP contribution in [0.5, 0.6) is 17.2 Å². The van der Waals surface area contributed by atoms with Crippen LogP contribution in [0, 0.1) is 6.92 Å². The van der Waals surface area contributed by atoms with Crippen molar-refractivity contribution in [2.24, 2.45) is 0 Å². The van der Waals surface area contributed by atoms with Crippen LogP contribution in [0.2, 0.25) is 5.02 Å². The Bertz CT molecular complexity index is 1120. The Hall–Kier alpha value is -2.99. The number of Topliss-reactive ketones (excluding diaryl/α,β-unsaturated/α-hetero) is 1. The Morgan fingerprint density at radius 3 is 2.28 bits per heavy atom. The number of carbonyl (C=O) groups is 2. The fourth-order valence-corrected chi connectivity index (χ4v) is 4.78. The number of ketones is 1. The molecule has 0 fully saturated rings. The largest absolute Gasteiger partial charge is 0.496 e. The minimum Gasteiger partial charge on any atom is -0.496 e. The molecule has 2 aliphatic rings. The van der Waals surface area contributed by atoms with Crippen molar-refractivity contribution in [3.8, 4) is 17.2 Å². The summed E-state index contributed by atoms with van der Waals surface area (Å²) in [7, 11) is 4.67. The van der Waals surface area contributed by atoms with Crippen LogP contribution in [0.1, 0.15) is 42.7 Å². The third kappa shape index (κ3) is 3.73. The molecule has 0 spiro atoms. The number of allylic oxidation sites excluding steroid dienone is 2. The molecule has 1 atom stereocenters. The summed E-state index contributed by atoms with van der Waals surface area (Å²) in [6.45, 7) is 1.92. The second kappa shape index (κ2) is 8.87. The number of carbonyl (C=O) groups excluding carboxylic acids is 2. The predicted molar refractivity (Wildman–Crippen MR) is 123 cm³/mol. The van der Waals surface area contributed by atoms with Gasteiger partial charge < -0.3 is 14.2 Å². The number of hydrogen-bond acceptors (Lipinski definition) is 5. The minimum atomic E-state index is -0.419. The quantitative estimate of drug-likeness (QED) is 0.619. The Kier molecular flexibility index (Phi) is 6.15. The molecule has 0 aromatic heterocycles. The summed E-state index contributed by atoms with van der Waals surface area (Å²) in [5.41, 5.74) is 3.77. The average molecular weight is 456 g/mol. The van der Waals surface area contributed by atoms with Crippen molar-refractivity contribution in [3.05, 3.63) is 57.8 Å². The molecule has 7 heteroatoms. The van der Waals surface area contributed by atoms with E-state index in [1.807, 2.05) is 19.1 Å². The third-order valence-corrected chi connectivity index (χ3v) is 6.61. The van der Waals surface area contributed by atoms with E-state index in [2.05, 4.69) is 0 Å². The summed E-state index contributed by atoms with van der Waals surface area (Å²) in [6.07, 6.45) is 1.95. The van der Waals surface area contributed by atoms with Crippen LogP contribution >= 0.6 is 11.6 Å². The first kappa shape index (κ1) is 22.2. The second-order valence-electron chi connectivity index (χ2n) is 8.01. The highest BCUT2D eigenvalue weighted by Gasteiger charge is 2.41. The van der Waals surface area contributed by atoms with Gasteiger partial charge in [-0.05, 0) is 43.5 Å². The summed E-state index contributed by atoms with van der Waals surface area (Å²) >= 11 is 6.35. The first-order valence-corrected chi connectivity index (χ1v) is 10.9. The highest BCUT2D eigenvalue weighted by molar-refractivity contribution is 6.31. The number of nitrogens with zero attached hydrogens (tertiary/aromatic N) is 1. The maximum atomic E-state index is 13.5. The minimum absolute atomic E-state index is 0.0591. The van der Waals surface area contributed by atoms with Crippen LogP contribution in [0.4, 0.5) is 5.69 Å². The summed E-state index contributed by atoms with van der Waals surface area (Å²) in [5.74, 6) is 1.16. The number of methoxy groups -OCH3 is 3. The average Bonchev–Trinajstić information content (AvgIpc) is 2.79. The van der Waals surface area contributed by atoms with Gasteiger partial charge in [-0.2, -0.15) is 0 Å². The van der Waals surface area contributed by atoms with E-state index in [0.29, 0.717) is 52.8 Å². The zero-order valence-electron chi connectivity index (χ0n) is 18.7. The van der Waals surface area contributed by atoms with Crippen molar-refractivity contribution >= 4 is 29.0 Å². The number of anilines is 1.